The molecule has 0 spiro atoms. The van der Waals surface area contributed by atoms with Gasteiger partial charge in [-0.1, -0.05) is 97.1 Å². The van der Waals surface area contributed by atoms with Gasteiger partial charge in [0.15, 0.2) is 0 Å². The molecule has 4 aromatic carbocycles. The third-order valence-electron chi connectivity index (χ3n) is 13.3. The fourth-order valence-electron chi connectivity index (χ4n) is 8.83. The van der Waals surface area contributed by atoms with Gasteiger partial charge in [-0.3, -0.25) is 19.2 Å². The number of amides is 4. The van der Waals surface area contributed by atoms with Crippen molar-refractivity contribution in [2.75, 3.05) is 49.7 Å². The first-order chi connectivity index (χ1) is 36.8. The molecule has 2 aliphatic heterocycles. The molecule has 77 heavy (non-hydrogen) atoms. The molecular formula is C60H56CoN8O8. The number of anilines is 4. The van der Waals surface area contributed by atoms with Crippen molar-refractivity contribution in [2.24, 2.45) is 0 Å². The molecule has 4 atom stereocenters. The van der Waals surface area contributed by atoms with Crippen molar-refractivity contribution in [3.63, 3.8) is 0 Å². The number of nitrogens with one attached hydrogen (secondary N) is 4. The van der Waals surface area contributed by atoms with Gasteiger partial charge < -0.3 is 50.2 Å². The quantitative estimate of drug-likeness (QED) is 0.0713. The Morgan fingerprint density at radius 3 is 0.896 bits per heavy atom. The van der Waals surface area contributed by atoms with Crippen LogP contribution in [0.25, 0.3) is 90.9 Å². The van der Waals surface area contributed by atoms with Crippen LogP contribution in [0.4, 0.5) is 22.7 Å². The van der Waals surface area contributed by atoms with Crippen molar-refractivity contribution in [3.05, 3.63) is 144 Å². The van der Waals surface area contributed by atoms with Gasteiger partial charge >= 0.3 is 16.8 Å². The number of nitrogens with zero attached hydrogens (tertiary/aromatic N) is 4. The third-order valence-corrected chi connectivity index (χ3v) is 13.3. The molecule has 0 saturated carbocycles. The average molecular weight is 1080 g/mol. The van der Waals surface area contributed by atoms with Crippen LogP contribution in [0.5, 0.6) is 0 Å². The Kier molecular flexibility index (Phi) is 17.2. The maximum atomic E-state index is 13.7. The number of carbonyl (C=O) groups excluding carboxylic acids is 4. The summed E-state index contributed by atoms with van der Waals surface area (Å²) in [5.41, 5.74) is 10.3. The summed E-state index contributed by atoms with van der Waals surface area (Å²) in [6.45, 7) is 6.58. The van der Waals surface area contributed by atoms with Gasteiger partial charge in [0.1, 0.15) is 24.4 Å². The van der Waals surface area contributed by atoms with Crippen LogP contribution in [0.2, 0.25) is 0 Å². The van der Waals surface area contributed by atoms with E-state index in [1.165, 1.54) is 28.4 Å². The summed E-state index contributed by atoms with van der Waals surface area (Å²) in [4.78, 5) is 76.6. The number of rotatable bonds is 16. The molecule has 0 saturated heterocycles. The second kappa shape index (κ2) is 24.1. The van der Waals surface area contributed by atoms with Crippen LogP contribution in [-0.4, -0.2) is 86.5 Å². The first-order valence-electron chi connectivity index (χ1n) is 24.6. The van der Waals surface area contributed by atoms with E-state index in [0.29, 0.717) is 101 Å². The zero-order chi connectivity index (χ0) is 53.6. The van der Waals surface area contributed by atoms with Crippen LogP contribution in [-0.2, 0) is 54.9 Å². The van der Waals surface area contributed by atoms with Gasteiger partial charge in [-0.2, -0.15) is 0 Å². The van der Waals surface area contributed by atoms with Gasteiger partial charge in [0, 0.05) is 39.6 Å². The predicted molar refractivity (Wildman–Crippen MR) is 299 cm³/mol. The Labute approximate surface area is 455 Å². The summed E-state index contributed by atoms with van der Waals surface area (Å²) in [7, 11) is 5.82. The summed E-state index contributed by atoms with van der Waals surface area (Å²) in [6, 6.07) is 37.5. The monoisotopic (exact) mass is 1080 g/mol. The molecule has 9 rings (SSSR count). The van der Waals surface area contributed by atoms with Gasteiger partial charge in [-0.05, 0) is 110 Å². The maximum absolute atomic E-state index is 13.7. The molecule has 0 aliphatic carbocycles. The van der Waals surface area contributed by atoms with Crippen LogP contribution < -0.4 is 31.2 Å². The van der Waals surface area contributed by atoms with Gasteiger partial charge in [-0.25, -0.2) is 9.97 Å². The minimum absolute atomic E-state index is 0. The average Bonchev–Trinajstić information content (AvgIpc) is 4.31. The topological polar surface area (TPSA) is 207 Å². The molecule has 4 amide bonds. The predicted octanol–water partition coefficient (Wildman–Crippen LogP) is 10.5. The summed E-state index contributed by atoms with van der Waals surface area (Å²) >= 11 is 0. The Morgan fingerprint density at radius 1 is 0.364 bits per heavy atom. The van der Waals surface area contributed by atoms with E-state index in [1.54, 1.807) is 64.1 Å². The van der Waals surface area contributed by atoms with Crippen molar-refractivity contribution >= 4 is 92.7 Å². The van der Waals surface area contributed by atoms with E-state index in [4.69, 9.17) is 38.9 Å². The number of benzene rings is 4. The summed E-state index contributed by atoms with van der Waals surface area (Å²) < 4.78 is 21.7. The van der Waals surface area contributed by atoms with Gasteiger partial charge in [0.05, 0.1) is 45.5 Å². The van der Waals surface area contributed by atoms with Gasteiger partial charge in [0.25, 0.3) is 23.6 Å². The number of carbonyl (C=O) groups is 4. The third kappa shape index (κ3) is 11.5. The SMILES string of the molecule is CO[C@@H](C)C(=O)Nc1cccc(NC(=O)[C@H](C)OC)c1-c1c2nc(c(-c3ccccc3)c3ccc([n-]3)c(-c3c(NC(=O)[C@H](C)OC)cccc3NC(=O)[C@@H](C)OC)c3nc(c(-c4ccccc4)c4ccc1[n-]4)C=C3)C=C2.[Co+2]. The fraction of sp³-hybridized carbons (Fsp3) is 0.200. The molecular weight excluding hydrogens is 1020 g/mol. The molecule has 1 radical (unpaired) electrons. The van der Waals surface area contributed by atoms with E-state index in [0.717, 1.165) is 11.1 Å². The fourth-order valence-corrected chi connectivity index (χ4v) is 8.83. The van der Waals surface area contributed by atoms with E-state index in [1.807, 2.05) is 109 Å². The molecule has 5 heterocycles. The number of aromatic nitrogens is 4. The number of methoxy groups -OCH3 is 4. The second-order valence-electron chi connectivity index (χ2n) is 18.0. The Hall–Kier alpha value is -8.29. The zero-order valence-corrected chi connectivity index (χ0v) is 44.6. The normalized spacial score (nSPS) is 13.2. The molecule has 3 aromatic heterocycles. The van der Waals surface area contributed by atoms with E-state index in [9.17, 15) is 19.2 Å². The number of hydrogen-bond donors (Lipinski definition) is 4. The van der Waals surface area contributed by atoms with E-state index in [-0.39, 0.29) is 16.8 Å². The minimum Gasteiger partial charge on any atom is -0.657 e. The maximum Gasteiger partial charge on any atom is 2.00 e. The standard InChI is InChI=1S/C60H58N8O8.Co/c1-33(73-5)57(69)65-39-21-15-22-40(66-58(70)34(2)74-6)53(39)55-47-29-25-43(61-47)51(37-17-11-9-12-18-37)45-27-31-49(63-45)56(50-32-28-46(64-50)52(38-19-13-10-14-20-38)44-26-30-48(55)62-44)54-41(67-59(71)35(3)75-7)23-16-24-42(54)68-60(72)36(4)76-8;/h9-36H,1-8H3,(H6,61,62,63,64,65,66,67,68,69,70,71,72);/q;+2/p-2/t33-,34-,35-,36+;/m0./s1. The Balaban J connectivity index is 0.00000784. The molecule has 7 aromatic rings. The van der Waals surface area contributed by atoms with Crippen LogP contribution in [0.3, 0.4) is 0 Å². The van der Waals surface area contributed by atoms with Crippen molar-refractivity contribution < 1.29 is 54.9 Å². The molecule has 8 bridgehead atoms. The minimum atomic E-state index is -0.821. The number of fused-ring (bicyclic) bond motifs is 8. The van der Waals surface area contributed by atoms with Crippen LogP contribution in [0.15, 0.2) is 121 Å². The molecule has 17 heteroatoms. The smallest absolute Gasteiger partial charge is 0.657 e. The Morgan fingerprint density at radius 2 is 0.623 bits per heavy atom. The molecule has 2 aliphatic rings. The largest absolute Gasteiger partial charge is 2.00 e. The van der Waals surface area contributed by atoms with Crippen molar-refractivity contribution in [1.29, 1.82) is 0 Å². The molecule has 4 N–H and O–H groups in total. The van der Waals surface area contributed by atoms with Crippen LogP contribution in [0.1, 0.15) is 50.5 Å². The summed E-state index contributed by atoms with van der Waals surface area (Å²) in [6.07, 6.45) is 4.27. The van der Waals surface area contributed by atoms with E-state index >= 15 is 0 Å². The van der Waals surface area contributed by atoms with Gasteiger partial charge in [0.2, 0.25) is 0 Å². The Bertz CT molecular complexity index is 3290. The molecule has 393 valence electrons. The second-order valence-corrected chi connectivity index (χ2v) is 18.0. The van der Waals surface area contributed by atoms with Crippen molar-refractivity contribution in [3.8, 4) is 44.5 Å². The zero-order valence-electron chi connectivity index (χ0n) is 43.6. The van der Waals surface area contributed by atoms with Crippen LogP contribution in [0, 0.1) is 0 Å². The number of ether oxygens (including phenoxy) is 4. The van der Waals surface area contributed by atoms with Crippen molar-refractivity contribution in [2.45, 2.75) is 52.1 Å². The van der Waals surface area contributed by atoms with Gasteiger partial charge in [-0.15, -0.1) is 22.1 Å². The molecule has 0 unspecified atom stereocenters. The summed E-state index contributed by atoms with van der Waals surface area (Å²) in [5, 5.41) is 12.2. The first-order valence-corrected chi connectivity index (χ1v) is 24.6. The van der Waals surface area contributed by atoms with E-state index < -0.39 is 48.0 Å². The first kappa shape index (κ1) is 55.0. The van der Waals surface area contributed by atoms with Crippen LogP contribution >= 0.6 is 0 Å². The van der Waals surface area contributed by atoms with Crippen molar-refractivity contribution in [1.82, 2.24) is 19.9 Å². The molecule has 0 fully saturated rings. The van der Waals surface area contributed by atoms with E-state index in [2.05, 4.69) is 21.3 Å². The molecule has 16 nitrogen and oxygen atoms in total. The number of hydrogen-bond acceptors (Lipinski definition) is 10. The summed E-state index contributed by atoms with van der Waals surface area (Å²) in [5.74, 6) is -1.67.